The highest BCUT2D eigenvalue weighted by molar-refractivity contribution is 5.57. The first-order valence-corrected chi connectivity index (χ1v) is 6.18. The molecule has 1 N–H and O–H groups in total. The van der Waals surface area contributed by atoms with Gasteiger partial charge in [0.05, 0.1) is 19.3 Å². The van der Waals surface area contributed by atoms with Crippen LogP contribution in [0.4, 0.5) is 5.69 Å². The molecule has 1 saturated heterocycles. The highest BCUT2D eigenvalue weighted by Crippen LogP contribution is 2.34. The number of likely N-dealkylation sites (N-methyl/N-ethyl adjacent to an activating group) is 1. The summed E-state index contributed by atoms with van der Waals surface area (Å²) in [5.41, 5.74) is 1.20. The first-order valence-electron chi connectivity index (χ1n) is 6.18. The molecule has 4 heteroatoms. The average molecular weight is 234 g/mol. The lowest BCUT2D eigenvalue weighted by molar-refractivity contribution is 0.297. The van der Waals surface area contributed by atoms with Gasteiger partial charge < -0.3 is 19.7 Å². The summed E-state index contributed by atoms with van der Waals surface area (Å²) in [5, 5.41) is 3.29. The second-order valence-corrected chi connectivity index (χ2v) is 4.60. The molecule has 0 unspecified atom stereocenters. The molecular formula is C13H18N2O2. The highest BCUT2D eigenvalue weighted by atomic mass is 16.5. The Morgan fingerprint density at radius 2 is 1.94 bits per heavy atom. The largest absolute Gasteiger partial charge is 0.490 e. The Labute approximate surface area is 102 Å². The van der Waals surface area contributed by atoms with Gasteiger partial charge in [0.15, 0.2) is 11.5 Å². The Morgan fingerprint density at radius 3 is 2.65 bits per heavy atom. The van der Waals surface area contributed by atoms with Crippen molar-refractivity contribution in [3.8, 4) is 11.5 Å². The van der Waals surface area contributed by atoms with Crippen LogP contribution in [0.5, 0.6) is 11.5 Å². The predicted molar refractivity (Wildman–Crippen MR) is 67.1 cm³/mol. The van der Waals surface area contributed by atoms with E-state index in [0.29, 0.717) is 6.04 Å². The number of nitrogens with zero attached hydrogens (tertiary/aromatic N) is 1. The molecule has 0 aliphatic carbocycles. The van der Waals surface area contributed by atoms with Crippen molar-refractivity contribution < 1.29 is 9.47 Å². The van der Waals surface area contributed by atoms with Gasteiger partial charge in [0.25, 0.3) is 0 Å². The Balaban J connectivity index is 1.83. The van der Waals surface area contributed by atoms with Crippen LogP contribution in [0.2, 0.25) is 0 Å². The molecule has 1 fully saturated rings. The first-order chi connectivity index (χ1) is 8.34. The third-order valence-corrected chi connectivity index (χ3v) is 3.45. The van der Waals surface area contributed by atoms with Gasteiger partial charge in [-0.3, -0.25) is 0 Å². The molecule has 4 nitrogen and oxygen atoms in total. The number of ether oxygens (including phenoxy) is 2. The van der Waals surface area contributed by atoms with Crippen molar-refractivity contribution in [2.75, 3.05) is 38.3 Å². The second kappa shape index (κ2) is 4.45. The van der Waals surface area contributed by atoms with Crippen molar-refractivity contribution in [3.63, 3.8) is 0 Å². The number of nitrogens with one attached hydrogen (secondary N) is 1. The summed E-state index contributed by atoms with van der Waals surface area (Å²) in [6, 6.07) is 6.79. The third-order valence-electron chi connectivity index (χ3n) is 3.45. The standard InChI is InChI=1S/C13H18N2O2/c1-15(11-8-14-9-11)10-3-4-12-13(7-10)17-6-2-5-16-12/h3-4,7,11,14H,2,5-6,8-9H2,1H3. The number of fused-ring (bicyclic) bond motifs is 1. The SMILES string of the molecule is CN(c1ccc2c(c1)OCCCO2)C1CNC1. The molecule has 1 aromatic rings. The summed E-state index contributed by atoms with van der Waals surface area (Å²) >= 11 is 0. The molecule has 2 aliphatic rings. The van der Waals surface area contributed by atoms with Gasteiger partial charge in [0.2, 0.25) is 0 Å². The van der Waals surface area contributed by atoms with Gasteiger partial charge in [-0.2, -0.15) is 0 Å². The van der Waals surface area contributed by atoms with E-state index in [9.17, 15) is 0 Å². The van der Waals surface area contributed by atoms with E-state index in [4.69, 9.17) is 9.47 Å². The molecule has 2 aliphatic heterocycles. The maximum Gasteiger partial charge on any atom is 0.163 e. The van der Waals surface area contributed by atoms with E-state index < -0.39 is 0 Å². The van der Waals surface area contributed by atoms with Crippen LogP contribution < -0.4 is 19.7 Å². The van der Waals surface area contributed by atoms with E-state index in [-0.39, 0.29) is 0 Å². The van der Waals surface area contributed by atoms with E-state index in [1.165, 1.54) is 5.69 Å². The van der Waals surface area contributed by atoms with E-state index in [2.05, 4.69) is 29.4 Å². The van der Waals surface area contributed by atoms with Gasteiger partial charge >= 0.3 is 0 Å². The van der Waals surface area contributed by atoms with Crippen LogP contribution in [-0.4, -0.2) is 39.4 Å². The van der Waals surface area contributed by atoms with Crippen molar-refractivity contribution in [3.05, 3.63) is 18.2 Å². The second-order valence-electron chi connectivity index (χ2n) is 4.60. The Morgan fingerprint density at radius 1 is 1.18 bits per heavy atom. The van der Waals surface area contributed by atoms with Gasteiger partial charge in [0.1, 0.15) is 0 Å². The van der Waals surface area contributed by atoms with E-state index in [1.807, 2.05) is 6.07 Å². The minimum Gasteiger partial charge on any atom is -0.490 e. The Hall–Kier alpha value is -1.42. The summed E-state index contributed by atoms with van der Waals surface area (Å²) in [5.74, 6) is 1.74. The fourth-order valence-electron chi connectivity index (χ4n) is 2.13. The molecule has 0 saturated carbocycles. The molecule has 0 atom stereocenters. The smallest absolute Gasteiger partial charge is 0.163 e. The topological polar surface area (TPSA) is 33.7 Å². The van der Waals surface area contributed by atoms with Gasteiger partial charge in [-0.05, 0) is 12.1 Å². The Bertz CT molecular complexity index is 404. The lowest BCUT2D eigenvalue weighted by Gasteiger charge is -2.37. The third kappa shape index (κ3) is 2.05. The molecule has 1 aromatic carbocycles. The monoisotopic (exact) mass is 234 g/mol. The summed E-state index contributed by atoms with van der Waals surface area (Å²) in [6.45, 7) is 3.61. The number of anilines is 1. The average Bonchev–Trinajstić information content (AvgIpc) is 2.50. The van der Waals surface area contributed by atoms with Crippen LogP contribution >= 0.6 is 0 Å². The molecule has 3 rings (SSSR count). The summed E-state index contributed by atoms with van der Waals surface area (Å²) in [6.07, 6.45) is 0.951. The van der Waals surface area contributed by atoms with Crippen LogP contribution in [0, 0.1) is 0 Å². The van der Waals surface area contributed by atoms with E-state index in [1.54, 1.807) is 0 Å². The fourth-order valence-corrected chi connectivity index (χ4v) is 2.13. The molecule has 0 bridgehead atoms. The molecule has 2 heterocycles. The van der Waals surface area contributed by atoms with Crippen LogP contribution in [0.1, 0.15) is 6.42 Å². The maximum absolute atomic E-state index is 5.70. The summed E-state index contributed by atoms with van der Waals surface area (Å²) < 4.78 is 11.3. The zero-order valence-corrected chi connectivity index (χ0v) is 10.1. The lowest BCUT2D eigenvalue weighted by atomic mass is 10.1. The van der Waals surface area contributed by atoms with Crippen molar-refractivity contribution in [2.24, 2.45) is 0 Å². The molecule has 0 aromatic heterocycles. The zero-order valence-electron chi connectivity index (χ0n) is 10.1. The normalized spacial score (nSPS) is 19.4. The predicted octanol–water partition coefficient (Wildman–Crippen LogP) is 1.26. The number of hydrogen-bond acceptors (Lipinski definition) is 4. The number of rotatable bonds is 2. The maximum atomic E-state index is 5.70. The molecule has 17 heavy (non-hydrogen) atoms. The minimum absolute atomic E-state index is 0.597. The van der Waals surface area contributed by atoms with Gasteiger partial charge in [-0.1, -0.05) is 0 Å². The summed E-state index contributed by atoms with van der Waals surface area (Å²) in [4.78, 5) is 2.30. The lowest BCUT2D eigenvalue weighted by Crippen LogP contribution is -2.56. The summed E-state index contributed by atoms with van der Waals surface area (Å²) in [7, 11) is 2.13. The van der Waals surface area contributed by atoms with E-state index in [0.717, 1.165) is 44.2 Å². The zero-order chi connectivity index (χ0) is 11.7. The van der Waals surface area contributed by atoms with E-state index >= 15 is 0 Å². The van der Waals surface area contributed by atoms with Crippen LogP contribution in [0.15, 0.2) is 18.2 Å². The highest BCUT2D eigenvalue weighted by Gasteiger charge is 2.22. The molecule has 0 radical (unpaired) electrons. The minimum atomic E-state index is 0.597. The van der Waals surface area contributed by atoms with Crippen molar-refractivity contribution in [1.82, 2.24) is 5.32 Å². The molecule has 0 amide bonds. The number of hydrogen-bond donors (Lipinski definition) is 1. The van der Waals surface area contributed by atoms with Gasteiger partial charge in [0, 0.05) is 38.3 Å². The fraction of sp³-hybridized carbons (Fsp3) is 0.538. The van der Waals surface area contributed by atoms with Crippen molar-refractivity contribution >= 4 is 5.69 Å². The van der Waals surface area contributed by atoms with Crippen LogP contribution in [0.3, 0.4) is 0 Å². The van der Waals surface area contributed by atoms with Crippen molar-refractivity contribution in [1.29, 1.82) is 0 Å². The first kappa shape index (κ1) is 10.7. The molecular weight excluding hydrogens is 216 g/mol. The Kier molecular flexibility index (Phi) is 2.81. The number of benzene rings is 1. The van der Waals surface area contributed by atoms with Gasteiger partial charge in [-0.25, -0.2) is 0 Å². The molecule has 92 valence electrons. The van der Waals surface area contributed by atoms with Crippen LogP contribution in [0.25, 0.3) is 0 Å². The van der Waals surface area contributed by atoms with Crippen molar-refractivity contribution in [2.45, 2.75) is 12.5 Å². The molecule has 0 spiro atoms. The van der Waals surface area contributed by atoms with Crippen LogP contribution in [-0.2, 0) is 0 Å². The quantitative estimate of drug-likeness (QED) is 0.835. The van der Waals surface area contributed by atoms with Gasteiger partial charge in [-0.15, -0.1) is 0 Å².